The second kappa shape index (κ2) is 8.57. The number of anilines is 1. The molecular formula is C19H16Cl2N2O2. The van der Waals surface area contributed by atoms with Crippen LogP contribution in [0.2, 0.25) is 10.0 Å². The summed E-state index contributed by atoms with van der Waals surface area (Å²) in [5.41, 5.74) is 1.93. The molecule has 1 amide bonds. The van der Waals surface area contributed by atoms with Crippen molar-refractivity contribution in [3.63, 3.8) is 0 Å². The number of hydrogen-bond donors (Lipinski definition) is 1. The number of ether oxygens (including phenoxy) is 1. The van der Waals surface area contributed by atoms with Crippen molar-refractivity contribution in [3.05, 3.63) is 63.1 Å². The van der Waals surface area contributed by atoms with E-state index in [9.17, 15) is 10.1 Å². The minimum atomic E-state index is -0.518. The fourth-order valence-electron chi connectivity index (χ4n) is 2.19. The summed E-state index contributed by atoms with van der Waals surface area (Å²) >= 11 is 12.2. The van der Waals surface area contributed by atoms with Gasteiger partial charge in [0.15, 0.2) is 0 Å². The van der Waals surface area contributed by atoms with Gasteiger partial charge in [0.25, 0.3) is 5.91 Å². The number of para-hydroxylation sites is 1. The molecule has 2 aromatic rings. The SMILES string of the molecule is CCOc1c(Cl)cc(Cl)cc1/C=C(\C#N)C(=O)Nc1ccccc1C. The van der Waals surface area contributed by atoms with Crippen molar-refractivity contribution >= 4 is 40.9 Å². The van der Waals surface area contributed by atoms with E-state index in [4.69, 9.17) is 27.9 Å². The minimum Gasteiger partial charge on any atom is -0.492 e. The fourth-order valence-corrected chi connectivity index (χ4v) is 2.75. The average molecular weight is 375 g/mol. The largest absolute Gasteiger partial charge is 0.492 e. The molecule has 0 spiro atoms. The zero-order chi connectivity index (χ0) is 18.4. The van der Waals surface area contributed by atoms with E-state index in [1.807, 2.05) is 38.1 Å². The Balaban J connectivity index is 2.39. The van der Waals surface area contributed by atoms with Crippen LogP contribution in [0.4, 0.5) is 5.69 Å². The number of rotatable bonds is 5. The molecule has 2 rings (SSSR count). The summed E-state index contributed by atoms with van der Waals surface area (Å²) in [6, 6.07) is 12.4. The number of halogens is 2. The van der Waals surface area contributed by atoms with Gasteiger partial charge in [-0.25, -0.2) is 0 Å². The van der Waals surface area contributed by atoms with Crippen molar-refractivity contribution in [3.8, 4) is 11.8 Å². The number of nitrogens with one attached hydrogen (secondary N) is 1. The third-order valence-corrected chi connectivity index (χ3v) is 3.88. The Morgan fingerprint density at radius 1 is 1.32 bits per heavy atom. The van der Waals surface area contributed by atoms with Crippen LogP contribution in [0.25, 0.3) is 6.08 Å². The van der Waals surface area contributed by atoms with Crippen LogP contribution < -0.4 is 10.1 Å². The second-order valence-electron chi connectivity index (χ2n) is 5.18. The van der Waals surface area contributed by atoms with E-state index in [0.717, 1.165) is 5.56 Å². The lowest BCUT2D eigenvalue weighted by atomic mass is 10.1. The van der Waals surface area contributed by atoms with Crippen molar-refractivity contribution in [1.29, 1.82) is 5.26 Å². The number of nitriles is 1. The van der Waals surface area contributed by atoms with Crippen molar-refractivity contribution < 1.29 is 9.53 Å². The van der Waals surface area contributed by atoms with Crippen LogP contribution in [-0.2, 0) is 4.79 Å². The van der Waals surface area contributed by atoms with Gasteiger partial charge in [-0.15, -0.1) is 0 Å². The Hall–Kier alpha value is -2.48. The minimum absolute atomic E-state index is 0.0810. The molecule has 0 aliphatic carbocycles. The zero-order valence-corrected chi connectivity index (χ0v) is 15.3. The van der Waals surface area contributed by atoms with E-state index in [1.165, 1.54) is 6.08 Å². The molecule has 0 aliphatic heterocycles. The van der Waals surface area contributed by atoms with Crippen molar-refractivity contribution in [2.75, 3.05) is 11.9 Å². The molecule has 4 nitrogen and oxygen atoms in total. The van der Waals surface area contributed by atoms with Crippen molar-refractivity contribution in [1.82, 2.24) is 0 Å². The van der Waals surface area contributed by atoms with Crippen molar-refractivity contribution in [2.24, 2.45) is 0 Å². The number of hydrogen-bond acceptors (Lipinski definition) is 3. The molecule has 0 heterocycles. The van der Waals surface area contributed by atoms with E-state index in [2.05, 4.69) is 5.32 Å². The maximum Gasteiger partial charge on any atom is 0.266 e. The zero-order valence-electron chi connectivity index (χ0n) is 13.8. The molecule has 0 aromatic heterocycles. The number of carbonyl (C=O) groups is 1. The van der Waals surface area contributed by atoms with Gasteiger partial charge in [0.05, 0.1) is 11.6 Å². The number of aryl methyl sites for hydroxylation is 1. The normalized spacial score (nSPS) is 10.9. The Morgan fingerprint density at radius 2 is 2.04 bits per heavy atom. The summed E-state index contributed by atoms with van der Waals surface area (Å²) in [7, 11) is 0. The van der Waals surface area contributed by atoms with Gasteiger partial charge in [0.2, 0.25) is 0 Å². The highest BCUT2D eigenvalue weighted by molar-refractivity contribution is 6.36. The van der Waals surface area contributed by atoms with Crippen LogP contribution in [0.1, 0.15) is 18.1 Å². The molecule has 0 atom stereocenters. The van der Waals surface area contributed by atoms with Crippen LogP contribution in [0.3, 0.4) is 0 Å². The van der Waals surface area contributed by atoms with Gasteiger partial charge in [-0.3, -0.25) is 4.79 Å². The number of nitrogens with zero attached hydrogens (tertiary/aromatic N) is 1. The van der Waals surface area contributed by atoms with Gasteiger partial charge in [0, 0.05) is 16.3 Å². The maximum atomic E-state index is 12.4. The van der Waals surface area contributed by atoms with E-state index in [1.54, 1.807) is 18.2 Å². The van der Waals surface area contributed by atoms with Gasteiger partial charge in [-0.2, -0.15) is 5.26 Å². The monoisotopic (exact) mass is 374 g/mol. The first-order chi connectivity index (χ1) is 12.0. The smallest absolute Gasteiger partial charge is 0.266 e. The first-order valence-electron chi connectivity index (χ1n) is 7.57. The number of amides is 1. The Kier molecular flexibility index (Phi) is 6.46. The molecule has 0 radical (unpaired) electrons. The first-order valence-corrected chi connectivity index (χ1v) is 8.32. The number of benzene rings is 2. The molecule has 6 heteroatoms. The quantitative estimate of drug-likeness (QED) is 0.574. The van der Waals surface area contributed by atoms with Gasteiger partial charge >= 0.3 is 0 Å². The summed E-state index contributed by atoms with van der Waals surface area (Å²) in [5, 5.41) is 12.8. The van der Waals surface area contributed by atoms with Crippen LogP contribution >= 0.6 is 23.2 Å². The summed E-state index contributed by atoms with van der Waals surface area (Å²) in [6.07, 6.45) is 1.41. The Morgan fingerprint density at radius 3 is 2.68 bits per heavy atom. The molecule has 1 N–H and O–H groups in total. The summed E-state index contributed by atoms with van der Waals surface area (Å²) in [6.45, 7) is 4.07. The van der Waals surface area contributed by atoms with E-state index in [-0.39, 0.29) is 5.57 Å². The highest BCUT2D eigenvalue weighted by atomic mass is 35.5. The van der Waals surface area contributed by atoms with E-state index in [0.29, 0.717) is 33.7 Å². The predicted octanol–water partition coefficient (Wildman–Crippen LogP) is 5.25. The Labute approximate surface area is 156 Å². The molecule has 0 bridgehead atoms. The van der Waals surface area contributed by atoms with Gasteiger partial charge in [-0.05, 0) is 43.7 Å². The first kappa shape index (κ1) is 18.9. The third kappa shape index (κ3) is 4.76. The second-order valence-corrected chi connectivity index (χ2v) is 6.02. The summed E-state index contributed by atoms with van der Waals surface area (Å²) in [4.78, 5) is 12.4. The van der Waals surface area contributed by atoms with Crippen LogP contribution in [0.5, 0.6) is 5.75 Å². The lowest BCUT2D eigenvalue weighted by Crippen LogP contribution is -2.14. The van der Waals surface area contributed by atoms with Crippen molar-refractivity contribution in [2.45, 2.75) is 13.8 Å². The standard InChI is InChI=1S/C19H16Cl2N2O2/c1-3-25-18-13(9-15(20)10-16(18)21)8-14(11-22)19(24)23-17-7-5-4-6-12(17)2/h4-10H,3H2,1-2H3,(H,23,24)/b14-8+. The molecule has 0 aliphatic rings. The number of carbonyl (C=O) groups excluding carboxylic acids is 1. The third-order valence-electron chi connectivity index (χ3n) is 3.38. The molecule has 2 aromatic carbocycles. The molecular weight excluding hydrogens is 359 g/mol. The van der Waals surface area contributed by atoms with Crippen LogP contribution in [-0.4, -0.2) is 12.5 Å². The lowest BCUT2D eigenvalue weighted by Gasteiger charge is -2.11. The van der Waals surface area contributed by atoms with Gasteiger partial charge in [0.1, 0.15) is 17.4 Å². The maximum absolute atomic E-state index is 12.4. The summed E-state index contributed by atoms with van der Waals surface area (Å²) in [5.74, 6) is -0.139. The molecule has 0 saturated carbocycles. The van der Waals surface area contributed by atoms with Crippen LogP contribution in [0.15, 0.2) is 42.0 Å². The molecule has 0 fully saturated rings. The van der Waals surface area contributed by atoms with Crippen LogP contribution in [0, 0.1) is 18.3 Å². The lowest BCUT2D eigenvalue weighted by molar-refractivity contribution is -0.112. The molecule has 0 saturated heterocycles. The van der Waals surface area contributed by atoms with Gasteiger partial charge < -0.3 is 10.1 Å². The highest BCUT2D eigenvalue weighted by Crippen LogP contribution is 2.34. The van der Waals surface area contributed by atoms with E-state index >= 15 is 0 Å². The predicted molar refractivity (Wildman–Crippen MR) is 101 cm³/mol. The Bertz CT molecular complexity index is 870. The topological polar surface area (TPSA) is 62.1 Å². The molecule has 25 heavy (non-hydrogen) atoms. The van der Waals surface area contributed by atoms with Gasteiger partial charge in [-0.1, -0.05) is 41.4 Å². The molecule has 128 valence electrons. The average Bonchev–Trinajstić information content (AvgIpc) is 2.57. The molecule has 0 unspecified atom stereocenters. The van der Waals surface area contributed by atoms with E-state index < -0.39 is 5.91 Å². The highest BCUT2D eigenvalue weighted by Gasteiger charge is 2.14. The summed E-state index contributed by atoms with van der Waals surface area (Å²) < 4.78 is 5.51. The fraction of sp³-hybridized carbons (Fsp3) is 0.158.